The van der Waals surface area contributed by atoms with Gasteiger partial charge in [0, 0.05) is 12.5 Å². The summed E-state index contributed by atoms with van der Waals surface area (Å²) < 4.78 is 25.5. The summed E-state index contributed by atoms with van der Waals surface area (Å²) in [6.45, 7) is 1.41. The molecule has 0 aromatic heterocycles. The molecular weight excluding hydrogens is 330 g/mol. The molecule has 1 atom stereocenters. The minimum atomic E-state index is -2.40. The number of benzene rings is 1. The fraction of sp³-hybridized carbons (Fsp3) is 0.556. The zero-order valence-corrected chi connectivity index (χ0v) is 14.2. The molecule has 0 heterocycles. The molecular formula is C18H24F2N2O3. The number of halogens is 2. The summed E-state index contributed by atoms with van der Waals surface area (Å²) >= 11 is 0. The van der Waals surface area contributed by atoms with Gasteiger partial charge in [0.05, 0.1) is 5.54 Å². The van der Waals surface area contributed by atoms with Crippen molar-refractivity contribution in [1.29, 1.82) is 0 Å². The Morgan fingerprint density at radius 1 is 1.32 bits per heavy atom. The van der Waals surface area contributed by atoms with Gasteiger partial charge in [-0.05, 0) is 38.2 Å². The zero-order chi connectivity index (χ0) is 18.7. The Morgan fingerprint density at radius 2 is 1.88 bits per heavy atom. The van der Waals surface area contributed by atoms with Crippen LogP contribution in [0.15, 0.2) is 30.3 Å². The molecule has 1 aliphatic carbocycles. The van der Waals surface area contributed by atoms with E-state index in [2.05, 4.69) is 5.32 Å². The fourth-order valence-corrected chi connectivity index (χ4v) is 3.17. The Kier molecular flexibility index (Phi) is 5.77. The van der Waals surface area contributed by atoms with E-state index in [9.17, 15) is 23.5 Å². The van der Waals surface area contributed by atoms with Crippen molar-refractivity contribution in [2.45, 2.75) is 50.0 Å². The number of alkyl halides is 2. The average molecular weight is 354 g/mol. The number of hydrogen-bond donors (Lipinski definition) is 3. The number of hydrogen-bond acceptors (Lipinski definition) is 3. The number of nitrogens with two attached hydrogens (primary N) is 1. The molecule has 4 N–H and O–H groups in total. The van der Waals surface area contributed by atoms with Gasteiger partial charge in [-0.1, -0.05) is 30.3 Å². The van der Waals surface area contributed by atoms with E-state index < -0.39 is 35.2 Å². The maximum atomic E-state index is 12.7. The first-order valence-electron chi connectivity index (χ1n) is 8.33. The number of aliphatic carboxylic acids is 1. The topological polar surface area (TPSA) is 92.4 Å². The van der Waals surface area contributed by atoms with Crippen molar-refractivity contribution >= 4 is 11.9 Å². The van der Waals surface area contributed by atoms with E-state index in [4.69, 9.17) is 5.73 Å². The number of carboxylic acid groups (broad SMARTS) is 1. The Morgan fingerprint density at radius 3 is 2.36 bits per heavy atom. The molecule has 1 fully saturated rings. The summed E-state index contributed by atoms with van der Waals surface area (Å²) in [6.07, 6.45) is -1.68. The zero-order valence-electron chi connectivity index (χ0n) is 14.2. The van der Waals surface area contributed by atoms with Crippen molar-refractivity contribution in [3.8, 4) is 0 Å². The molecule has 1 unspecified atom stereocenters. The van der Waals surface area contributed by atoms with Gasteiger partial charge in [-0.15, -0.1) is 0 Å². The number of rotatable bonds is 6. The van der Waals surface area contributed by atoms with Crippen molar-refractivity contribution in [2.75, 3.05) is 6.54 Å². The first-order valence-corrected chi connectivity index (χ1v) is 8.33. The molecule has 0 saturated heterocycles. The van der Waals surface area contributed by atoms with Crippen LogP contribution in [0.25, 0.3) is 0 Å². The van der Waals surface area contributed by atoms with Crippen LogP contribution in [0.4, 0.5) is 8.78 Å². The van der Waals surface area contributed by atoms with Gasteiger partial charge in [0.25, 0.3) is 0 Å². The molecule has 0 spiro atoms. The lowest BCUT2D eigenvalue weighted by Gasteiger charge is -2.36. The van der Waals surface area contributed by atoms with Gasteiger partial charge >= 0.3 is 5.97 Å². The third-order valence-corrected chi connectivity index (χ3v) is 5.22. The lowest BCUT2D eigenvalue weighted by Crippen LogP contribution is -2.58. The van der Waals surface area contributed by atoms with Gasteiger partial charge in [0.2, 0.25) is 12.3 Å². The van der Waals surface area contributed by atoms with Crippen molar-refractivity contribution in [2.24, 2.45) is 11.7 Å². The normalized spacial score (nSPS) is 26.0. The fourth-order valence-electron chi connectivity index (χ4n) is 3.17. The van der Waals surface area contributed by atoms with Gasteiger partial charge in [-0.25, -0.2) is 8.78 Å². The summed E-state index contributed by atoms with van der Waals surface area (Å²) in [7, 11) is 0. The molecule has 0 bridgehead atoms. The smallest absolute Gasteiger partial charge is 0.315 e. The summed E-state index contributed by atoms with van der Waals surface area (Å²) in [4.78, 5) is 24.2. The first kappa shape index (κ1) is 19.3. The summed E-state index contributed by atoms with van der Waals surface area (Å²) in [6, 6.07) is 8.61. The molecule has 138 valence electrons. The summed E-state index contributed by atoms with van der Waals surface area (Å²) in [5.74, 6) is -2.27. The van der Waals surface area contributed by atoms with Crippen LogP contribution in [0.5, 0.6) is 0 Å². The Balaban J connectivity index is 2.04. The predicted octanol–water partition coefficient (Wildman–Crippen LogP) is 2.30. The number of amides is 1. The van der Waals surface area contributed by atoms with Crippen LogP contribution in [0.1, 0.15) is 38.2 Å². The third kappa shape index (κ3) is 4.15. The average Bonchev–Trinajstić information content (AvgIpc) is 2.60. The minimum Gasteiger partial charge on any atom is -0.481 e. The van der Waals surface area contributed by atoms with Crippen LogP contribution in [0.2, 0.25) is 0 Å². The van der Waals surface area contributed by atoms with E-state index in [1.165, 1.54) is 6.92 Å². The van der Waals surface area contributed by atoms with Gasteiger partial charge < -0.3 is 16.2 Å². The van der Waals surface area contributed by atoms with Crippen LogP contribution in [-0.4, -0.2) is 35.5 Å². The van der Waals surface area contributed by atoms with E-state index >= 15 is 0 Å². The standard InChI is InChI=1S/C18H24F2N2O3/c1-17(16(24)25,13-5-3-2-4-6-13)11-22-15(23)18(21)9-7-12(8-10-18)14(19)20/h2-6,12,14H,7-11,21H2,1H3,(H,22,23)(H,24,25). The van der Waals surface area contributed by atoms with Crippen LogP contribution >= 0.6 is 0 Å². The second-order valence-corrected chi connectivity index (χ2v) is 7.01. The second-order valence-electron chi connectivity index (χ2n) is 7.01. The van der Waals surface area contributed by atoms with Crippen molar-refractivity contribution < 1.29 is 23.5 Å². The number of nitrogens with one attached hydrogen (secondary N) is 1. The minimum absolute atomic E-state index is 0.123. The largest absolute Gasteiger partial charge is 0.481 e. The van der Waals surface area contributed by atoms with Crippen LogP contribution < -0.4 is 11.1 Å². The van der Waals surface area contributed by atoms with Gasteiger partial charge in [-0.3, -0.25) is 9.59 Å². The number of carbonyl (C=O) groups excluding carboxylic acids is 1. The molecule has 7 heteroatoms. The molecule has 25 heavy (non-hydrogen) atoms. The van der Waals surface area contributed by atoms with E-state index in [-0.39, 0.29) is 32.2 Å². The number of carbonyl (C=O) groups is 2. The molecule has 2 rings (SSSR count). The highest BCUT2D eigenvalue weighted by Gasteiger charge is 2.42. The highest BCUT2D eigenvalue weighted by atomic mass is 19.3. The first-order chi connectivity index (χ1) is 11.7. The van der Waals surface area contributed by atoms with Crippen molar-refractivity contribution in [3.63, 3.8) is 0 Å². The summed E-state index contributed by atoms with van der Waals surface area (Å²) in [5.41, 5.74) is 4.15. The highest BCUT2D eigenvalue weighted by molar-refractivity contribution is 5.88. The van der Waals surface area contributed by atoms with Crippen LogP contribution in [0.3, 0.4) is 0 Å². The van der Waals surface area contributed by atoms with Crippen molar-refractivity contribution in [1.82, 2.24) is 5.32 Å². The molecule has 1 amide bonds. The van der Waals surface area contributed by atoms with E-state index in [1.807, 2.05) is 0 Å². The van der Waals surface area contributed by atoms with E-state index in [0.717, 1.165) is 0 Å². The molecule has 1 aliphatic rings. The molecule has 1 aromatic rings. The Bertz CT molecular complexity index is 616. The second kappa shape index (κ2) is 7.47. The SMILES string of the molecule is CC(CNC(=O)C1(N)CCC(C(F)F)CC1)(C(=O)O)c1ccccc1. The lowest BCUT2D eigenvalue weighted by atomic mass is 9.76. The van der Waals surface area contributed by atoms with Crippen molar-refractivity contribution in [3.05, 3.63) is 35.9 Å². The molecule has 0 aliphatic heterocycles. The number of carboxylic acids is 1. The molecule has 5 nitrogen and oxygen atoms in total. The van der Waals surface area contributed by atoms with Gasteiger partial charge in [0.1, 0.15) is 5.41 Å². The molecule has 1 aromatic carbocycles. The van der Waals surface area contributed by atoms with Crippen LogP contribution in [0, 0.1) is 5.92 Å². The monoisotopic (exact) mass is 354 g/mol. The highest BCUT2D eigenvalue weighted by Crippen LogP contribution is 2.34. The maximum Gasteiger partial charge on any atom is 0.315 e. The molecule has 1 saturated carbocycles. The van der Waals surface area contributed by atoms with E-state index in [1.54, 1.807) is 30.3 Å². The third-order valence-electron chi connectivity index (χ3n) is 5.22. The summed E-state index contributed by atoms with van der Waals surface area (Å²) in [5, 5.41) is 12.2. The quantitative estimate of drug-likeness (QED) is 0.731. The Hall–Kier alpha value is -2.02. The lowest BCUT2D eigenvalue weighted by molar-refractivity contribution is -0.143. The van der Waals surface area contributed by atoms with E-state index in [0.29, 0.717) is 5.56 Å². The maximum absolute atomic E-state index is 12.7. The van der Waals surface area contributed by atoms with Gasteiger partial charge in [0.15, 0.2) is 0 Å². The Labute approximate surface area is 145 Å². The van der Waals surface area contributed by atoms with Gasteiger partial charge in [-0.2, -0.15) is 0 Å². The molecule has 0 radical (unpaired) electrons. The van der Waals surface area contributed by atoms with Crippen LogP contribution in [-0.2, 0) is 15.0 Å². The predicted molar refractivity (Wildman–Crippen MR) is 89.3 cm³/mol.